The lowest BCUT2D eigenvalue weighted by atomic mass is 9.63. The first-order chi connectivity index (χ1) is 13.6. The van der Waals surface area contributed by atoms with E-state index in [0.29, 0.717) is 11.5 Å². The standard InChI is InChI=1S/C25H31FO2/c1-3-4-16-5-6-18-12-20(9-7-17(18)11-16)23-14-19-8-10-21(25(27)28-2)13-22(19)15-24(23)26/h8,10,13-18,20H,3-7,9,11-12H2,1-2H3/t16?,17-,18+,20?/m0/s1. The van der Waals surface area contributed by atoms with E-state index >= 15 is 0 Å². The molecule has 2 aromatic rings. The molecule has 2 aliphatic rings. The van der Waals surface area contributed by atoms with Crippen molar-refractivity contribution in [1.82, 2.24) is 0 Å². The van der Waals surface area contributed by atoms with Crippen molar-refractivity contribution in [3.8, 4) is 0 Å². The first-order valence-corrected chi connectivity index (χ1v) is 10.9. The lowest BCUT2D eigenvalue weighted by molar-refractivity contribution is 0.0601. The Morgan fingerprint density at radius 3 is 2.61 bits per heavy atom. The van der Waals surface area contributed by atoms with Crippen molar-refractivity contribution in [1.29, 1.82) is 0 Å². The summed E-state index contributed by atoms with van der Waals surface area (Å²) in [6.07, 6.45) is 10.2. The fourth-order valence-electron chi connectivity index (χ4n) is 5.78. The molecule has 0 N–H and O–H groups in total. The quantitative estimate of drug-likeness (QED) is 0.540. The van der Waals surface area contributed by atoms with Crippen LogP contribution in [0.5, 0.6) is 0 Å². The fraction of sp³-hybridized carbons (Fsp3) is 0.560. The van der Waals surface area contributed by atoms with Crippen molar-refractivity contribution in [2.45, 2.75) is 64.2 Å². The second-order valence-corrected chi connectivity index (χ2v) is 8.93. The highest BCUT2D eigenvalue weighted by Crippen LogP contribution is 2.49. The summed E-state index contributed by atoms with van der Waals surface area (Å²) in [6, 6.07) is 9.01. The minimum atomic E-state index is -0.386. The van der Waals surface area contributed by atoms with Gasteiger partial charge >= 0.3 is 5.97 Å². The van der Waals surface area contributed by atoms with Gasteiger partial charge in [0.15, 0.2) is 0 Å². The Morgan fingerprint density at radius 2 is 1.82 bits per heavy atom. The summed E-state index contributed by atoms with van der Waals surface area (Å²) < 4.78 is 19.8. The van der Waals surface area contributed by atoms with Crippen LogP contribution in [-0.4, -0.2) is 13.1 Å². The van der Waals surface area contributed by atoms with Crippen LogP contribution in [0.3, 0.4) is 0 Å². The van der Waals surface area contributed by atoms with Crippen LogP contribution in [0.1, 0.15) is 80.1 Å². The predicted molar refractivity (Wildman–Crippen MR) is 111 cm³/mol. The molecule has 2 fully saturated rings. The number of fused-ring (bicyclic) bond motifs is 2. The molecule has 0 heterocycles. The van der Waals surface area contributed by atoms with Gasteiger partial charge in [-0.2, -0.15) is 0 Å². The van der Waals surface area contributed by atoms with Crippen LogP contribution in [-0.2, 0) is 4.74 Å². The minimum Gasteiger partial charge on any atom is -0.465 e. The maximum absolute atomic E-state index is 15.0. The van der Waals surface area contributed by atoms with Crippen LogP contribution >= 0.6 is 0 Å². The molecule has 2 unspecified atom stereocenters. The number of methoxy groups -OCH3 is 1. The monoisotopic (exact) mass is 382 g/mol. The number of hydrogen-bond acceptors (Lipinski definition) is 2. The van der Waals surface area contributed by atoms with Crippen LogP contribution in [0, 0.1) is 23.6 Å². The Bertz CT molecular complexity index is 859. The van der Waals surface area contributed by atoms with Crippen molar-refractivity contribution in [2.24, 2.45) is 17.8 Å². The normalized spacial score (nSPS) is 27.4. The first-order valence-electron chi connectivity index (χ1n) is 10.9. The first kappa shape index (κ1) is 19.4. The maximum Gasteiger partial charge on any atom is 0.337 e. The van der Waals surface area contributed by atoms with Gasteiger partial charge in [0.05, 0.1) is 12.7 Å². The number of hydrogen-bond donors (Lipinski definition) is 0. The lowest BCUT2D eigenvalue weighted by Gasteiger charge is -2.42. The van der Waals surface area contributed by atoms with Crippen molar-refractivity contribution in [3.05, 3.63) is 47.3 Å². The zero-order valence-corrected chi connectivity index (χ0v) is 17.0. The second-order valence-electron chi connectivity index (χ2n) is 8.93. The molecule has 0 amide bonds. The summed E-state index contributed by atoms with van der Waals surface area (Å²) in [4.78, 5) is 11.7. The fourth-order valence-corrected chi connectivity index (χ4v) is 5.78. The highest BCUT2D eigenvalue weighted by molar-refractivity contribution is 5.95. The molecular formula is C25H31FO2. The highest BCUT2D eigenvalue weighted by atomic mass is 19.1. The molecule has 0 aromatic heterocycles. The van der Waals surface area contributed by atoms with Gasteiger partial charge in [0.25, 0.3) is 0 Å². The molecule has 150 valence electrons. The lowest BCUT2D eigenvalue weighted by Crippen LogP contribution is -2.30. The van der Waals surface area contributed by atoms with E-state index in [9.17, 15) is 9.18 Å². The van der Waals surface area contributed by atoms with Crippen molar-refractivity contribution >= 4 is 16.7 Å². The Labute approximate surface area is 167 Å². The van der Waals surface area contributed by atoms with Crippen molar-refractivity contribution < 1.29 is 13.9 Å². The van der Waals surface area contributed by atoms with Crippen molar-refractivity contribution in [3.63, 3.8) is 0 Å². The molecule has 28 heavy (non-hydrogen) atoms. The number of carbonyl (C=O) groups is 1. The SMILES string of the molecule is CCCC1CC[C@@H]2CC(c3cc4ccc(C(=O)OC)cc4cc3F)CC[C@H]2C1. The molecule has 3 heteroatoms. The van der Waals surface area contributed by atoms with E-state index in [1.54, 1.807) is 18.2 Å². The topological polar surface area (TPSA) is 26.3 Å². The van der Waals surface area contributed by atoms with E-state index in [1.165, 1.54) is 45.6 Å². The van der Waals surface area contributed by atoms with Crippen LogP contribution in [0.4, 0.5) is 4.39 Å². The summed E-state index contributed by atoms with van der Waals surface area (Å²) in [5.74, 6) is 2.36. The van der Waals surface area contributed by atoms with Gasteiger partial charge in [-0.25, -0.2) is 9.18 Å². The van der Waals surface area contributed by atoms with Gasteiger partial charge < -0.3 is 4.74 Å². The Morgan fingerprint density at radius 1 is 1.04 bits per heavy atom. The van der Waals surface area contributed by atoms with E-state index in [2.05, 4.69) is 6.92 Å². The maximum atomic E-state index is 15.0. The number of rotatable bonds is 4. The largest absolute Gasteiger partial charge is 0.465 e. The third-order valence-electron chi connectivity index (χ3n) is 7.24. The molecular weight excluding hydrogens is 351 g/mol. The van der Waals surface area contributed by atoms with Crippen LogP contribution < -0.4 is 0 Å². The molecule has 4 rings (SSSR count). The zero-order chi connectivity index (χ0) is 19.7. The highest BCUT2D eigenvalue weighted by Gasteiger charge is 2.36. The molecule has 0 bridgehead atoms. The Balaban J connectivity index is 1.53. The van der Waals surface area contributed by atoms with Gasteiger partial charge in [0.2, 0.25) is 0 Å². The van der Waals surface area contributed by atoms with Crippen molar-refractivity contribution in [2.75, 3.05) is 7.11 Å². The minimum absolute atomic E-state index is 0.127. The van der Waals surface area contributed by atoms with Gasteiger partial charge in [0, 0.05) is 0 Å². The van der Waals surface area contributed by atoms with Crippen LogP contribution in [0.2, 0.25) is 0 Å². The van der Waals surface area contributed by atoms with E-state index in [-0.39, 0.29) is 11.8 Å². The molecule has 0 spiro atoms. The summed E-state index contributed by atoms with van der Waals surface area (Å²) >= 11 is 0. The van der Waals surface area contributed by atoms with Gasteiger partial charge in [-0.3, -0.25) is 0 Å². The van der Waals surface area contributed by atoms with E-state index in [4.69, 9.17) is 4.74 Å². The zero-order valence-electron chi connectivity index (χ0n) is 17.0. The van der Waals surface area contributed by atoms with Gasteiger partial charge in [-0.1, -0.05) is 32.3 Å². The van der Waals surface area contributed by atoms with E-state index in [0.717, 1.165) is 46.9 Å². The number of ether oxygens (including phenoxy) is 1. The summed E-state index contributed by atoms with van der Waals surface area (Å²) in [5, 5.41) is 1.76. The van der Waals surface area contributed by atoms with E-state index in [1.807, 2.05) is 12.1 Å². The van der Waals surface area contributed by atoms with Crippen LogP contribution in [0.25, 0.3) is 10.8 Å². The molecule has 0 radical (unpaired) electrons. The molecule has 4 atom stereocenters. The predicted octanol–water partition coefficient (Wildman–Crippen LogP) is 6.87. The summed E-state index contributed by atoms with van der Waals surface area (Å²) in [5.41, 5.74) is 1.33. The van der Waals surface area contributed by atoms with Gasteiger partial charge in [-0.05, 0) is 96.4 Å². The average molecular weight is 383 g/mol. The number of carbonyl (C=O) groups excluding carboxylic acids is 1. The number of esters is 1. The molecule has 2 aromatic carbocycles. The third kappa shape index (κ3) is 3.81. The Hall–Kier alpha value is -1.90. The number of halogens is 1. The molecule has 0 aliphatic heterocycles. The van der Waals surface area contributed by atoms with Gasteiger partial charge in [-0.15, -0.1) is 0 Å². The molecule has 0 saturated heterocycles. The molecule has 2 aliphatic carbocycles. The second kappa shape index (κ2) is 8.23. The Kier molecular flexibility index (Phi) is 5.70. The van der Waals surface area contributed by atoms with E-state index < -0.39 is 0 Å². The summed E-state index contributed by atoms with van der Waals surface area (Å²) in [6.45, 7) is 2.29. The number of benzene rings is 2. The van der Waals surface area contributed by atoms with Gasteiger partial charge in [0.1, 0.15) is 5.82 Å². The summed E-state index contributed by atoms with van der Waals surface area (Å²) in [7, 11) is 1.36. The molecule has 2 nitrogen and oxygen atoms in total. The molecule has 2 saturated carbocycles. The average Bonchev–Trinajstić information content (AvgIpc) is 2.72. The third-order valence-corrected chi connectivity index (χ3v) is 7.24. The van der Waals surface area contributed by atoms with Crippen LogP contribution in [0.15, 0.2) is 30.3 Å². The smallest absolute Gasteiger partial charge is 0.337 e.